The summed E-state index contributed by atoms with van der Waals surface area (Å²) in [4.78, 5) is 0. The molecule has 1 aliphatic heterocycles. The second kappa shape index (κ2) is 6.49. The molecule has 0 aromatic carbocycles. The summed E-state index contributed by atoms with van der Waals surface area (Å²) in [6.45, 7) is 9.30. The van der Waals surface area contributed by atoms with Gasteiger partial charge in [0, 0.05) is 11.6 Å². The predicted octanol–water partition coefficient (Wildman–Crippen LogP) is 2.69. The molecule has 2 heteroatoms. The van der Waals surface area contributed by atoms with E-state index in [0.29, 0.717) is 5.54 Å². The van der Waals surface area contributed by atoms with Crippen LogP contribution < -0.4 is 10.6 Å². The minimum Gasteiger partial charge on any atom is -0.314 e. The maximum Gasteiger partial charge on any atom is 0.0173 e. The highest BCUT2D eigenvalue weighted by atomic mass is 15.0. The van der Waals surface area contributed by atoms with E-state index in [0.717, 1.165) is 6.04 Å². The van der Waals surface area contributed by atoms with Crippen LogP contribution in [0.1, 0.15) is 59.3 Å². The Morgan fingerprint density at radius 3 is 2.33 bits per heavy atom. The van der Waals surface area contributed by atoms with E-state index >= 15 is 0 Å². The van der Waals surface area contributed by atoms with E-state index in [-0.39, 0.29) is 0 Å². The molecule has 1 rings (SSSR count). The van der Waals surface area contributed by atoms with E-state index in [4.69, 9.17) is 0 Å². The molecule has 0 aromatic heterocycles. The molecule has 1 saturated heterocycles. The van der Waals surface area contributed by atoms with Gasteiger partial charge in [0.2, 0.25) is 0 Å². The molecule has 2 nitrogen and oxygen atoms in total. The maximum absolute atomic E-state index is 3.77. The van der Waals surface area contributed by atoms with Crippen molar-refractivity contribution in [3.05, 3.63) is 0 Å². The Labute approximate surface area is 95.2 Å². The summed E-state index contributed by atoms with van der Waals surface area (Å²) in [5, 5.41) is 7.33. The minimum atomic E-state index is 0.401. The Hall–Kier alpha value is -0.0800. The molecule has 0 saturated carbocycles. The van der Waals surface area contributed by atoms with Gasteiger partial charge in [0.05, 0.1) is 0 Å². The fourth-order valence-corrected chi connectivity index (χ4v) is 2.64. The van der Waals surface area contributed by atoms with Crippen molar-refractivity contribution in [3.8, 4) is 0 Å². The van der Waals surface area contributed by atoms with Gasteiger partial charge in [-0.1, -0.05) is 20.8 Å². The van der Waals surface area contributed by atoms with Crippen molar-refractivity contribution in [3.63, 3.8) is 0 Å². The van der Waals surface area contributed by atoms with Gasteiger partial charge in [-0.3, -0.25) is 0 Å². The highest BCUT2D eigenvalue weighted by molar-refractivity contribution is 4.85. The lowest BCUT2D eigenvalue weighted by molar-refractivity contribution is 0.284. The average molecular weight is 212 g/mol. The monoisotopic (exact) mass is 212 g/mol. The first kappa shape index (κ1) is 13.0. The van der Waals surface area contributed by atoms with E-state index in [1.165, 1.54) is 51.6 Å². The Bertz CT molecular complexity index is 150. The molecule has 0 aromatic rings. The van der Waals surface area contributed by atoms with Gasteiger partial charge >= 0.3 is 0 Å². The van der Waals surface area contributed by atoms with E-state index in [9.17, 15) is 0 Å². The molecule has 1 fully saturated rings. The van der Waals surface area contributed by atoms with Crippen LogP contribution in [-0.4, -0.2) is 24.7 Å². The quantitative estimate of drug-likeness (QED) is 0.678. The summed E-state index contributed by atoms with van der Waals surface area (Å²) in [5.41, 5.74) is 0.401. The zero-order valence-corrected chi connectivity index (χ0v) is 10.7. The molecule has 2 N–H and O–H groups in total. The van der Waals surface area contributed by atoms with E-state index in [2.05, 4.69) is 31.4 Å². The number of nitrogens with one attached hydrogen (secondary N) is 2. The lowest BCUT2D eigenvalue weighted by Gasteiger charge is -2.32. The standard InChI is InChI=1S/C13H28N2/c1-4-13(5-2,6-3)15-11-9-12-8-7-10-14-12/h12,14-15H,4-11H2,1-3H3. The lowest BCUT2D eigenvalue weighted by atomic mass is 9.89. The van der Waals surface area contributed by atoms with Crippen molar-refractivity contribution in [2.45, 2.75) is 70.9 Å². The van der Waals surface area contributed by atoms with Crippen molar-refractivity contribution in [2.75, 3.05) is 13.1 Å². The largest absolute Gasteiger partial charge is 0.314 e. The van der Waals surface area contributed by atoms with Gasteiger partial charge < -0.3 is 10.6 Å². The number of hydrogen-bond acceptors (Lipinski definition) is 2. The zero-order valence-electron chi connectivity index (χ0n) is 10.7. The van der Waals surface area contributed by atoms with Crippen molar-refractivity contribution in [1.29, 1.82) is 0 Å². The first-order valence-electron chi connectivity index (χ1n) is 6.74. The highest BCUT2D eigenvalue weighted by Gasteiger charge is 2.23. The van der Waals surface area contributed by atoms with Crippen molar-refractivity contribution >= 4 is 0 Å². The lowest BCUT2D eigenvalue weighted by Crippen LogP contribution is -2.45. The van der Waals surface area contributed by atoms with Crippen LogP contribution in [0.4, 0.5) is 0 Å². The van der Waals surface area contributed by atoms with Gasteiger partial charge in [0.15, 0.2) is 0 Å². The van der Waals surface area contributed by atoms with Crippen LogP contribution in [0.15, 0.2) is 0 Å². The molecule has 1 heterocycles. The van der Waals surface area contributed by atoms with Crippen LogP contribution in [0.2, 0.25) is 0 Å². The summed E-state index contributed by atoms with van der Waals surface area (Å²) in [7, 11) is 0. The maximum atomic E-state index is 3.77. The fourth-order valence-electron chi connectivity index (χ4n) is 2.64. The number of rotatable bonds is 7. The second-order valence-corrected chi connectivity index (χ2v) is 4.85. The predicted molar refractivity (Wildman–Crippen MR) is 67.2 cm³/mol. The average Bonchev–Trinajstić information content (AvgIpc) is 2.78. The van der Waals surface area contributed by atoms with Crippen LogP contribution in [0.3, 0.4) is 0 Å². The summed E-state index contributed by atoms with van der Waals surface area (Å²) >= 11 is 0. The van der Waals surface area contributed by atoms with Crippen LogP contribution in [-0.2, 0) is 0 Å². The molecular weight excluding hydrogens is 184 g/mol. The summed E-state index contributed by atoms with van der Waals surface area (Å²) in [5.74, 6) is 0. The third kappa shape index (κ3) is 3.76. The van der Waals surface area contributed by atoms with Gasteiger partial charge in [-0.05, 0) is 51.6 Å². The Morgan fingerprint density at radius 2 is 1.87 bits per heavy atom. The van der Waals surface area contributed by atoms with E-state index in [1.807, 2.05) is 0 Å². The molecule has 0 aliphatic carbocycles. The molecule has 0 spiro atoms. The SMILES string of the molecule is CCC(CC)(CC)NCCC1CCCN1. The van der Waals surface area contributed by atoms with Crippen molar-refractivity contribution in [1.82, 2.24) is 10.6 Å². The Balaban J connectivity index is 2.21. The van der Waals surface area contributed by atoms with Crippen LogP contribution in [0.25, 0.3) is 0 Å². The van der Waals surface area contributed by atoms with Crippen LogP contribution >= 0.6 is 0 Å². The second-order valence-electron chi connectivity index (χ2n) is 4.85. The first-order chi connectivity index (χ1) is 7.26. The van der Waals surface area contributed by atoms with Gasteiger partial charge in [-0.25, -0.2) is 0 Å². The smallest absolute Gasteiger partial charge is 0.0173 e. The van der Waals surface area contributed by atoms with Gasteiger partial charge in [0.1, 0.15) is 0 Å². The molecular formula is C13H28N2. The summed E-state index contributed by atoms with van der Waals surface area (Å²) in [6.07, 6.45) is 7.78. The molecule has 0 amide bonds. The third-order valence-electron chi connectivity index (χ3n) is 4.19. The van der Waals surface area contributed by atoms with Gasteiger partial charge in [0.25, 0.3) is 0 Å². The summed E-state index contributed by atoms with van der Waals surface area (Å²) in [6, 6.07) is 0.778. The van der Waals surface area contributed by atoms with E-state index in [1.54, 1.807) is 0 Å². The Kier molecular flexibility index (Phi) is 5.62. The van der Waals surface area contributed by atoms with E-state index < -0.39 is 0 Å². The van der Waals surface area contributed by atoms with Crippen molar-refractivity contribution < 1.29 is 0 Å². The van der Waals surface area contributed by atoms with Crippen molar-refractivity contribution in [2.24, 2.45) is 0 Å². The molecule has 1 unspecified atom stereocenters. The van der Waals surface area contributed by atoms with Crippen LogP contribution in [0.5, 0.6) is 0 Å². The molecule has 1 aliphatic rings. The first-order valence-corrected chi connectivity index (χ1v) is 6.74. The Morgan fingerprint density at radius 1 is 1.20 bits per heavy atom. The molecule has 0 bridgehead atoms. The normalized spacial score (nSPS) is 22.2. The zero-order chi connectivity index (χ0) is 11.1. The van der Waals surface area contributed by atoms with Gasteiger partial charge in [-0.15, -0.1) is 0 Å². The minimum absolute atomic E-state index is 0.401. The fraction of sp³-hybridized carbons (Fsp3) is 1.00. The molecule has 1 atom stereocenters. The topological polar surface area (TPSA) is 24.1 Å². The highest BCUT2D eigenvalue weighted by Crippen LogP contribution is 2.19. The van der Waals surface area contributed by atoms with Crippen LogP contribution in [0, 0.1) is 0 Å². The molecule has 0 radical (unpaired) electrons. The summed E-state index contributed by atoms with van der Waals surface area (Å²) < 4.78 is 0. The third-order valence-corrected chi connectivity index (χ3v) is 4.19. The molecule has 90 valence electrons. The van der Waals surface area contributed by atoms with Gasteiger partial charge in [-0.2, -0.15) is 0 Å². The molecule has 15 heavy (non-hydrogen) atoms. The number of hydrogen-bond donors (Lipinski definition) is 2.